The summed E-state index contributed by atoms with van der Waals surface area (Å²) in [6.45, 7) is 15.4. The number of nitrogens with one attached hydrogen (secondary N) is 1. The van der Waals surface area contributed by atoms with Gasteiger partial charge in [-0.2, -0.15) is 0 Å². The van der Waals surface area contributed by atoms with E-state index >= 15 is 0 Å². The number of hydrogen-bond donors (Lipinski definition) is 1. The Morgan fingerprint density at radius 1 is 1.06 bits per heavy atom. The fourth-order valence-corrected chi connectivity index (χ4v) is 7.46. The van der Waals surface area contributed by atoms with Crippen molar-refractivity contribution in [2.75, 3.05) is 26.2 Å². The Bertz CT molecular complexity index is 1020. The lowest BCUT2D eigenvalue weighted by Crippen LogP contribution is -2.57. The number of nitrogens with zero attached hydrogens (tertiary/aromatic N) is 3. The third kappa shape index (κ3) is 5.83. The third-order valence-corrected chi connectivity index (χ3v) is 9.15. The van der Waals surface area contributed by atoms with Crippen LogP contribution in [0.1, 0.15) is 83.6 Å². The van der Waals surface area contributed by atoms with E-state index in [4.69, 9.17) is 0 Å². The number of thiophene rings is 1. The molecule has 36 heavy (non-hydrogen) atoms. The van der Waals surface area contributed by atoms with Gasteiger partial charge in [0.25, 0.3) is 5.91 Å². The van der Waals surface area contributed by atoms with Crippen LogP contribution in [0.2, 0.25) is 0 Å². The van der Waals surface area contributed by atoms with Crippen molar-refractivity contribution in [2.45, 2.75) is 91.8 Å². The zero-order chi connectivity index (χ0) is 25.8. The van der Waals surface area contributed by atoms with E-state index in [0.717, 1.165) is 60.2 Å². The van der Waals surface area contributed by atoms with Crippen LogP contribution in [0.15, 0.2) is 17.5 Å². The minimum atomic E-state index is -0.441. The fraction of sp³-hybridized carbons (Fsp3) is 0.724. The lowest BCUT2D eigenvalue weighted by molar-refractivity contribution is -0.127. The molecule has 1 saturated carbocycles. The fourth-order valence-electron chi connectivity index (χ4n) is 6.64. The molecule has 5 atom stereocenters. The van der Waals surface area contributed by atoms with Gasteiger partial charge in [-0.3, -0.25) is 9.59 Å². The molecule has 5 unspecified atom stereocenters. The van der Waals surface area contributed by atoms with Crippen LogP contribution < -0.4 is 5.32 Å². The highest BCUT2D eigenvalue weighted by atomic mass is 32.1. The van der Waals surface area contributed by atoms with Crippen LogP contribution in [0.3, 0.4) is 0 Å². The Balaban J connectivity index is 0.00000148. The monoisotopic (exact) mass is 514 g/mol. The summed E-state index contributed by atoms with van der Waals surface area (Å²) in [5, 5.41) is 5.41. The molecule has 200 valence electrons. The molecule has 2 aromatic heterocycles. The maximum atomic E-state index is 13.7. The molecular formula is C29H46N4O2S. The van der Waals surface area contributed by atoms with Crippen molar-refractivity contribution in [3.8, 4) is 0 Å². The van der Waals surface area contributed by atoms with Crippen LogP contribution in [-0.4, -0.2) is 64.4 Å². The summed E-state index contributed by atoms with van der Waals surface area (Å²) in [5.74, 6) is 1.99. The van der Waals surface area contributed by atoms with E-state index in [1.807, 2.05) is 24.8 Å². The topological polar surface area (TPSA) is 57.6 Å². The Morgan fingerprint density at radius 3 is 2.50 bits per heavy atom. The van der Waals surface area contributed by atoms with Gasteiger partial charge in [0.15, 0.2) is 0 Å². The first-order valence-electron chi connectivity index (χ1n) is 14.3. The van der Waals surface area contributed by atoms with E-state index in [0.29, 0.717) is 19.0 Å². The molecule has 3 aliphatic rings. The summed E-state index contributed by atoms with van der Waals surface area (Å²) in [4.78, 5) is 31.7. The molecule has 0 spiro atoms. The lowest BCUT2D eigenvalue weighted by Gasteiger charge is -2.39. The Morgan fingerprint density at radius 2 is 1.78 bits per heavy atom. The molecule has 0 aromatic carbocycles. The van der Waals surface area contributed by atoms with Gasteiger partial charge in [0.1, 0.15) is 11.7 Å². The van der Waals surface area contributed by atoms with Gasteiger partial charge in [0, 0.05) is 25.7 Å². The molecular weight excluding hydrogens is 468 g/mol. The molecule has 1 N–H and O–H groups in total. The van der Waals surface area contributed by atoms with Crippen LogP contribution in [0.4, 0.5) is 0 Å². The SMILES string of the molecule is CC.CC1CC(C)CN(CCCN2C(=O)c3cc4sccc4n3CC2C(=O)NC2CCCCC2C)C1. The molecule has 2 aromatic rings. The van der Waals surface area contributed by atoms with Crippen molar-refractivity contribution in [1.82, 2.24) is 19.7 Å². The summed E-state index contributed by atoms with van der Waals surface area (Å²) in [6.07, 6.45) is 6.84. The standard InChI is InChI=1S/C27H40N4O2S.C2H6/c1-18-13-19(2)16-29(15-18)10-6-11-30-24(26(32)28-21-8-5-4-7-20(21)3)17-31-22-9-12-34-25(22)14-23(31)27(30)33;1-2/h9,12,14,18-21,24H,4-8,10-11,13,15-17H2,1-3H3,(H,28,32);1-2H3. The van der Waals surface area contributed by atoms with Gasteiger partial charge in [0.05, 0.1) is 16.8 Å². The highest BCUT2D eigenvalue weighted by Crippen LogP contribution is 2.31. The number of amides is 2. The average Bonchev–Trinajstić information content (AvgIpc) is 3.45. The number of carbonyl (C=O) groups excluding carboxylic acids is 2. The third-order valence-electron chi connectivity index (χ3n) is 8.29. The van der Waals surface area contributed by atoms with Gasteiger partial charge in [-0.05, 0) is 67.5 Å². The minimum Gasteiger partial charge on any atom is -0.351 e. The van der Waals surface area contributed by atoms with Crippen LogP contribution in [0, 0.1) is 17.8 Å². The Kier molecular flexibility index (Phi) is 9.15. The Hall–Kier alpha value is -1.86. The molecule has 6 nitrogen and oxygen atoms in total. The van der Waals surface area contributed by atoms with Crippen molar-refractivity contribution in [1.29, 1.82) is 0 Å². The van der Waals surface area contributed by atoms with Gasteiger partial charge >= 0.3 is 0 Å². The summed E-state index contributed by atoms with van der Waals surface area (Å²) >= 11 is 1.66. The van der Waals surface area contributed by atoms with Crippen LogP contribution >= 0.6 is 11.3 Å². The number of piperidine rings is 1. The van der Waals surface area contributed by atoms with Crippen LogP contribution in [0.25, 0.3) is 10.2 Å². The van der Waals surface area contributed by atoms with Crippen molar-refractivity contribution in [3.05, 3.63) is 23.2 Å². The van der Waals surface area contributed by atoms with Gasteiger partial charge in [0.2, 0.25) is 5.91 Å². The predicted molar refractivity (Wildman–Crippen MR) is 150 cm³/mol. The maximum absolute atomic E-state index is 13.7. The quantitative estimate of drug-likeness (QED) is 0.545. The van der Waals surface area contributed by atoms with Gasteiger partial charge < -0.3 is 19.7 Å². The van der Waals surface area contributed by atoms with E-state index in [1.165, 1.54) is 25.7 Å². The number of hydrogen-bond acceptors (Lipinski definition) is 4. The average molecular weight is 515 g/mol. The number of rotatable bonds is 6. The van der Waals surface area contributed by atoms with E-state index in [2.05, 4.69) is 47.0 Å². The van der Waals surface area contributed by atoms with Gasteiger partial charge in [-0.15, -0.1) is 11.3 Å². The van der Waals surface area contributed by atoms with Crippen LogP contribution in [-0.2, 0) is 11.3 Å². The normalized spacial score (nSPS) is 29.0. The summed E-state index contributed by atoms with van der Waals surface area (Å²) in [7, 11) is 0. The van der Waals surface area contributed by atoms with Crippen LogP contribution in [0.5, 0.6) is 0 Å². The molecule has 4 heterocycles. The molecule has 2 fully saturated rings. The first-order valence-corrected chi connectivity index (χ1v) is 15.2. The Labute approximate surface area is 221 Å². The number of carbonyl (C=O) groups is 2. The maximum Gasteiger partial charge on any atom is 0.271 e. The molecule has 7 heteroatoms. The molecule has 1 saturated heterocycles. The van der Waals surface area contributed by atoms with Gasteiger partial charge in [-0.1, -0.05) is 47.5 Å². The molecule has 2 aliphatic heterocycles. The predicted octanol–water partition coefficient (Wildman–Crippen LogP) is 5.62. The van der Waals surface area contributed by atoms with Crippen molar-refractivity contribution in [2.24, 2.45) is 17.8 Å². The second-order valence-corrected chi connectivity index (χ2v) is 12.2. The second kappa shape index (κ2) is 12.1. The molecule has 2 amide bonds. The summed E-state index contributed by atoms with van der Waals surface area (Å²) in [5.41, 5.74) is 1.81. The van der Waals surface area contributed by atoms with E-state index in [1.54, 1.807) is 11.3 Å². The smallest absolute Gasteiger partial charge is 0.271 e. The zero-order valence-corrected chi connectivity index (χ0v) is 23.8. The molecule has 1 aliphatic carbocycles. The molecule has 5 rings (SSSR count). The van der Waals surface area contributed by atoms with Crippen molar-refractivity contribution < 1.29 is 9.59 Å². The second-order valence-electron chi connectivity index (χ2n) is 11.3. The first-order chi connectivity index (χ1) is 17.4. The van der Waals surface area contributed by atoms with E-state index in [-0.39, 0.29) is 17.9 Å². The lowest BCUT2D eigenvalue weighted by atomic mass is 9.86. The largest absolute Gasteiger partial charge is 0.351 e. The summed E-state index contributed by atoms with van der Waals surface area (Å²) < 4.78 is 3.20. The number of fused-ring (bicyclic) bond motifs is 3. The van der Waals surface area contributed by atoms with Crippen molar-refractivity contribution in [3.63, 3.8) is 0 Å². The number of likely N-dealkylation sites (tertiary alicyclic amines) is 1. The highest BCUT2D eigenvalue weighted by Gasteiger charge is 2.39. The van der Waals surface area contributed by atoms with E-state index in [9.17, 15) is 9.59 Å². The zero-order valence-electron chi connectivity index (χ0n) is 23.0. The number of aromatic nitrogens is 1. The molecule has 0 radical (unpaired) electrons. The first kappa shape index (κ1) is 27.2. The summed E-state index contributed by atoms with van der Waals surface area (Å²) in [6, 6.07) is 3.87. The van der Waals surface area contributed by atoms with Crippen molar-refractivity contribution >= 4 is 33.4 Å². The highest BCUT2D eigenvalue weighted by molar-refractivity contribution is 7.17. The van der Waals surface area contributed by atoms with Gasteiger partial charge in [-0.25, -0.2) is 0 Å². The minimum absolute atomic E-state index is 0.00636. The molecule has 0 bridgehead atoms. The van der Waals surface area contributed by atoms with E-state index < -0.39 is 6.04 Å².